The van der Waals surface area contributed by atoms with Crippen LogP contribution in [0.2, 0.25) is 0 Å². The van der Waals surface area contributed by atoms with Gasteiger partial charge < -0.3 is 4.74 Å². The smallest absolute Gasteiger partial charge is 0.324 e. The van der Waals surface area contributed by atoms with Crippen molar-refractivity contribution in [2.24, 2.45) is 0 Å². The molecule has 0 bridgehead atoms. The van der Waals surface area contributed by atoms with E-state index in [2.05, 4.69) is 11.3 Å². The van der Waals surface area contributed by atoms with E-state index >= 15 is 0 Å². The molecule has 0 aliphatic heterocycles. The van der Waals surface area contributed by atoms with Crippen molar-refractivity contribution in [2.75, 3.05) is 7.11 Å². The fraction of sp³-hybridized carbons (Fsp3) is 0.333. The molecule has 0 aliphatic rings. The minimum absolute atomic E-state index is 1.12. The molecule has 0 aliphatic carbocycles. The summed E-state index contributed by atoms with van der Waals surface area (Å²) in [6.07, 6.45) is 1.12. The van der Waals surface area contributed by atoms with Crippen LogP contribution >= 0.6 is 0 Å². The molecular formula is C3H5O+. The van der Waals surface area contributed by atoms with Gasteiger partial charge in [0.25, 0.3) is 0 Å². The molecule has 0 rings (SSSR count). The summed E-state index contributed by atoms with van der Waals surface area (Å²) in [4.78, 5) is 0. The van der Waals surface area contributed by atoms with E-state index in [1.165, 1.54) is 7.11 Å². The first-order valence-electron chi connectivity index (χ1n) is 0.977. The molecule has 22 valence electrons. The standard InChI is InChI=1S/C3H5O/c1-3-4-2/h1,3H,2H3/q+1. The van der Waals surface area contributed by atoms with Crippen LogP contribution in [0.1, 0.15) is 0 Å². The molecule has 0 fully saturated rings. The van der Waals surface area contributed by atoms with Crippen molar-refractivity contribution in [1.29, 1.82) is 0 Å². The fourth-order valence-corrected chi connectivity index (χ4v) is 0. The summed E-state index contributed by atoms with van der Waals surface area (Å²) in [7, 11) is 1.50. The average Bonchev–Trinajstić information content (AvgIpc) is 1.37. The van der Waals surface area contributed by atoms with Gasteiger partial charge in [0.05, 0.1) is 7.11 Å². The van der Waals surface area contributed by atoms with Crippen molar-refractivity contribution in [1.82, 2.24) is 0 Å². The first-order valence-corrected chi connectivity index (χ1v) is 0.977. The summed E-state index contributed by atoms with van der Waals surface area (Å²) in [5, 5.41) is 0. The fourth-order valence-electron chi connectivity index (χ4n) is 0. The molecule has 0 unspecified atom stereocenters. The van der Waals surface area contributed by atoms with E-state index in [1.807, 2.05) is 0 Å². The van der Waals surface area contributed by atoms with E-state index < -0.39 is 0 Å². The molecule has 0 aromatic rings. The zero-order valence-electron chi connectivity index (χ0n) is 2.56. The summed E-state index contributed by atoms with van der Waals surface area (Å²) in [5.74, 6) is 0. The van der Waals surface area contributed by atoms with Crippen molar-refractivity contribution < 1.29 is 4.74 Å². The molecule has 0 aromatic heterocycles. The van der Waals surface area contributed by atoms with Crippen molar-refractivity contribution >= 4 is 0 Å². The average molecular weight is 57.1 g/mol. The van der Waals surface area contributed by atoms with Crippen molar-refractivity contribution in [3.05, 3.63) is 12.8 Å². The van der Waals surface area contributed by atoms with Crippen molar-refractivity contribution in [3.8, 4) is 0 Å². The molecule has 1 nitrogen and oxygen atoms in total. The van der Waals surface area contributed by atoms with Gasteiger partial charge in [0.15, 0.2) is 0 Å². The van der Waals surface area contributed by atoms with E-state index in [4.69, 9.17) is 0 Å². The van der Waals surface area contributed by atoms with E-state index in [0.29, 0.717) is 0 Å². The highest BCUT2D eigenvalue weighted by Crippen LogP contribution is 1.51. The second-order valence-corrected chi connectivity index (χ2v) is 0.372. The van der Waals surface area contributed by atoms with Crippen molar-refractivity contribution in [2.45, 2.75) is 0 Å². The van der Waals surface area contributed by atoms with Crippen LogP contribution in [0.15, 0.2) is 6.26 Å². The van der Waals surface area contributed by atoms with Gasteiger partial charge in [0.2, 0.25) is 6.58 Å². The molecular weight excluding hydrogens is 52.0 g/mol. The van der Waals surface area contributed by atoms with Crippen molar-refractivity contribution in [3.63, 3.8) is 0 Å². The Labute approximate surface area is 25.9 Å². The predicted molar refractivity (Wildman–Crippen MR) is 15.9 cm³/mol. The van der Waals surface area contributed by atoms with Crippen LogP contribution < -0.4 is 0 Å². The summed E-state index contributed by atoms with van der Waals surface area (Å²) in [6, 6.07) is 0. The molecule has 4 heavy (non-hydrogen) atoms. The van der Waals surface area contributed by atoms with Gasteiger partial charge in [-0.1, -0.05) is 0 Å². The maximum Gasteiger partial charge on any atom is 0.324 e. The van der Waals surface area contributed by atoms with Crippen LogP contribution in [0.3, 0.4) is 0 Å². The second-order valence-electron chi connectivity index (χ2n) is 0.372. The third kappa shape index (κ3) is 1.45. The Morgan fingerprint density at radius 3 is 2.25 bits per heavy atom. The van der Waals surface area contributed by atoms with Crippen LogP contribution in [0.5, 0.6) is 0 Å². The van der Waals surface area contributed by atoms with Crippen LogP contribution in [0, 0.1) is 6.58 Å². The summed E-state index contributed by atoms with van der Waals surface area (Å²) in [5.41, 5.74) is 0. The normalized spacial score (nSPS) is 5.00. The SMILES string of the molecule is [CH+]=COC. The molecule has 0 saturated carbocycles. The maximum atomic E-state index is 4.68. The summed E-state index contributed by atoms with van der Waals surface area (Å²) < 4.78 is 4.19. The molecule has 0 saturated heterocycles. The van der Waals surface area contributed by atoms with E-state index in [1.54, 1.807) is 0 Å². The number of methoxy groups -OCH3 is 1. The van der Waals surface area contributed by atoms with Gasteiger partial charge >= 0.3 is 6.26 Å². The molecule has 0 heterocycles. The van der Waals surface area contributed by atoms with Gasteiger partial charge in [0, 0.05) is 0 Å². The van der Waals surface area contributed by atoms with Gasteiger partial charge in [-0.25, -0.2) is 0 Å². The second kappa shape index (κ2) is 2.45. The molecule has 0 N–H and O–H groups in total. The largest absolute Gasteiger partial charge is 0.462 e. The Balaban J connectivity index is 2.30. The molecule has 0 amide bonds. The van der Waals surface area contributed by atoms with E-state index in [-0.39, 0.29) is 0 Å². The van der Waals surface area contributed by atoms with Gasteiger partial charge in [-0.2, -0.15) is 0 Å². The molecule has 0 atom stereocenters. The Kier molecular flexibility index (Phi) is 2.11. The Bertz CT molecular complexity index is 17.2. The third-order valence-electron chi connectivity index (χ3n) is 0.136. The van der Waals surface area contributed by atoms with Crippen LogP contribution in [-0.2, 0) is 4.74 Å². The minimum Gasteiger partial charge on any atom is -0.462 e. The number of hydrogen-bond acceptors (Lipinski definition) is 1. The lowest BCUT2D eigenvalue weighted by Crippen LogP contribution is -1.54. The topological polar surface area (TPSA) is 9.23 Å². The molecule has 0 aromatic carbocycles. The van der Waals surface area contributed by atoms with E-state index in [9.17, 15) is 0 Å². The highest BCUT2D eigenvalue weighted by Gasteiger charge is 1.51. The predicted octanol–water partition coefficient (Wildman–Crippen LogP) is 0.579. The zero-order valence-corrected chi connectivity index (χ0v) is 2.56. The summed E-state index contributed by atoms with van der Waals surface area (Å²) >= 11 is 0. The lowest BCUT2D eigenvalue weighted by Gasteiger charge is -1.63. The first-order chi connectivity index (χ1) is 1.91. The maximum absolute atomic E-state index is 4.68. The Morgan fingerprint density at radius 1 is 2.00 bits per heavy atom. The van der Waals surface area contributed by atoms with Gasteiger partial charge in [-0.05, 0) is 0 Å². The first kappa shape index (κ1) is 3.45. The number of rotatable bonds is 1. The number of ether oxygens (including phenoxy) is 1. The molecule has 1 heteroatoms. The highest BCUT2D eigenvalue weighted by molar-refractivity contribution is 4.35. The zero-order chi connectivity index (χ0) is 3.41. The Morgan fingerprint density at radius 2 is 2.25 bits per heavy atom. The van der Waals surface area contributed by atoms with E-state index in [0.717, 1.165) is 6.26 Å². The quantitative estimate of drug-likeness (QED) is 0.316. The molecule has 0 spiro atoms. The van der Waals surface area contributed by atoms with Crippen LogP contribution in [0.25, 0.3) is 0 Å². The lowest BCUT2D eigenvalue weighted by atomic mass is 11.2. The monoisotopic (exact) mass is 57.0 g/mol. The molecule has 0 radical (unpaired) electrons. The Hall–Kier alpha value is -0.550. The van der Waals surface area contributed by atoms with Crippen LogP contribution in [-0.4, -0.2) is 7.11 Å². The lowest BCUT2D eigenvalue weighted by molar-refractivity contribution is 0.338. The number of hydrogen-bond donors (Lipinski definition) is 0. The van der Waals surface area contributed by atoms with Crippen LogP contribution in [0.4, 0.5) is 0 Å². The van der Waals surface area contributed by atoms with Gasteiger partial charge in [-0.3, -0.25) is 0 Å². The summed E-state index contributed by atoms with van der Waals surface area (Å²) in [6.45, 7) is 4.68. The third-order valence-corrected chi connectivity index (χ3v) is 0.136. The minimum atomic E-state index is 1.12. The van der Waals surface area contributed by atoms with Gasteiger partial charge in [-0.15, -0.1) is 0 Å². The van der Waals surface area contributed by atoms with Gasteiger partial charge in [0.1, 0.15) is 0 Å². The highest BCUT2D eigenvalue weighted by atomic mass is 16.5.